The predicted molar refractivity (Wildman–Crippen MR) is 122 cm³/mol. The fourth-order valence-corrected chi connectivity index (χ4v) is 5.41. The molecule has 4 heteroatoms. The summed E-state index contributed by atoms with van der Waals surface area (Å²) < 4.78 is 2.36. The maximum atomic E-state index is 3.99. The molecule has 0 spiro atoms. The molecule has 0 N–H and O–H groups in total. The number of benzene rings is 2. The number of aryl methyl sites for hydroxylation is 3. The molecule has 2 aromatic carbocycles. The van der Waals surface area contributed by atoms with Crippen LogP contribution in [0.25, 0.3) is 17.0 Å². The number of rotatable bonds is 4. The van der Waals surface area contributed by atoms with Gasteiger partial charge in [-0.1, -0.05) is 30.5 Å². The molecule has 1 aliphatic heterocycles. The van der Waals surface area contributed by atoms with Crippen LogP contribution in [0.3, 0.4) is 0 Å². The van der Waals surface area contributed by atoms with Gasteiger partial charge in [-0.2, -0.15) is 4.57 Å². The van der Waals surface area contributed by atoms with Crippen molar-refractivity contribution >= 4 is 34.4 Å². The van der Waals surface area contributed by atoms with E-state index in [9.17, 15) is 0 Å². The number of nitrogens with zero attached hydrogens (tertiary/aromatic N) is 2. The molecule has 0 radical (unpaired) electrons. The molecule has 0 atom stereocenters. The lowest BCUT2D eigenvalue weighted by Gasteiger charge is -2.20. The zero-order valence-corrected chi connectivity index (χ0v) is 20.5. The van der Waals surface area contributed by atoms with Gasteiger partial charge in [0, 0.05) is 35.0 Å². The zero-order valence-electron chi connectivity index (χ0n) is 17.5. The highest BCUT2D eigenvalue weighted by Gasteiger charge is 2.27. The number of aromatic nitrogens is 1. The van der Waals surface area contributed by atoms with E-state index in [2.05, 4.69) is 92.3 Å². The Hall–Kier alpha value is -1.79. The maximum Gasteiger partial charge on any atom is 0.213 e. The van der Waals surface area contributed by atoms with Gasteiger partial charge in [0.25, 0.3) is 0 Å². The van der Waals surface area contributed by atoms with Crippen LogP contribution in [0.4, 0.5) is 5.69 Å². The minimum absolute atomic E-state index is 0. The number of thioether (sulfide) groups is 1. The largest absolute Gasteiger partial charge is 1.00 e. The van der Waals surface area contributed by atoms with Crippen molar-refractivity contribution in [2.75, 3.05) is 11.4 Å². The molecule has 0 saturated carbocycles. The first-order valence-corrected chi connectivity index (χ1v) is 10.7. The standard InChI is InChI=1S/C25H27N2S.HI/c1-6-12-27-21(11-10-20-9-8-17(3)14-22(20)27)16-24-26(7-2)25-19(5)13-18(4)15-23(25)28-24;/h6,8-11,13-16H,1,7,12H2,2-5H3;1H/q+1;/p-1. The molecule has 0 unspecified atom stereocenters. The molecule has 0 aliphatic carbocycles. The van der Waals surface area contributed by atoms with E-state index in [0.717, 1.165) is 13.1 Å². The molecule has 0 saturated heterocycles. The van der Waals surface area contributed by atoms with Gasteiger partial charge < -0.3 is 28.9 Å². The molecule has 1 aliphatic rings. The lowest BCUT2D eigenvalue weighted by atomic mass is 10.1. The Kier molecular flexibility index (Phi) is 6.74. The predicted octanol–water partition coefficient (Wildman–Crippen LogP) is 3.17. The third kappa shape index (κ3) is 4.10. The van der Waals surface area contributed by atoms with Gasteiger partial charge in [-0.25, -0.2) is 0 Å². The first-order valence-electron chi connectivity index (χ1n) is 9.84. The lowest BCUT2D eigenvalue weighted by Crippen LogP contribution is -3.00. The lowest BCUT2D eigenvalue weighted by molar-refractivity contribution is -0.662. The fraction of sp³-hybridized carbons (Fsp3) is 0.240. The van der Waals surface area contributed by atoms with Crippen LogP contribution in [0.2, 0.25) is 0 Å². The van der Waals surface area contributed by atoms with E-state index in [1.807, 2.05) is 17.8 Å². The van der Waals surface area contributed by atoms with Crippen molar-refractivity contribution in [3.05, 3.63) is 82.5 Å². The fourth-order valence-electron chi connectivity index (χ4n) is 4.06. The number of fused-ring (bicyclic) bond motifs is 2. The van der Waals surface area contributed by atoms with Crippen LogP contribution in [0.5, 0.6) is 0 Å². The van der Waals surface area contributed by atoms with Crippen molar-refractivity contribution < 1.29 is 28.5 Å². The molecule has 0 amide bonds. The molecule has 29 heavy (non-hydrogen) atoms. The number of pyridine rings is 1. The van der Waals surface area contributed by atoms with Gasteiger partial charge in [-0.05, 0) is 68.7 Å². The average Bonchev–Trinajstić information content (AvgIpc) is 3.01. The van der Waals surface area contributed by atoms with E-state index < -0.39 is 0 Å². The van der Waals surface area contributed by atoms with Gasteiger partial charge in [0.15, 0.2) is 6.54 Å². The van der Waals surface area contributed by atoms with Gasteiger partial charge in [-0.3, -0.25) is 0 Å². The summed E-state index contributed by atoms with van der Waals surface area (Å²) in [6, 6.07) is 15.7. The smallest absolute Gasteiger partial charge is 0.213 e. The van der Waals surface area contributed by atoms with Crippen LogP contribution in [-0.4, -0.2) is 6.54 Å². The Morgan fingerprint density at radius 3 is 2.52 bits per heavy atom. The van der Waals surface area contributed by atoms with Gasteiger partial charge in [0.05, 0.1) is 10.7 Å². The number of hydrogen-bond donors (Lipinski definition) is 0. The van der Waals surface area contributed by atoms with E-state index in [1.54, 1.807) is 0 Å². The van der Waals surface area contributed by atoms with Gasteiger partial charge in [0.2, 0.25) is 11.2 Å². The zero-order chi connectivity index (χ0) is 19.8. The quantitative estimate of drug-likeness (QED) is 0.300. The second kappa shape index (κ2) is 8.92. The molecule has 2 heterocycles. The summed E-state index contributed by atoms with van der Waals surface area (Å²) >= 11 is 1.88. The number of allylic oxidation sites excluding steroid dienone is 1. The minimum atomic E-state index is 0. The minimum Gasteiger partial charge on any atom is -1.00 e. The molecule has 3 aromatic rings. The van der Waals surface area contributed by atoms with Gasteiger partial charge in [0.1, 0.15) is 0 Å². The molecule has 0 bridgehead atoms. The Morgan fingerprint density at radius 1 is 1.03 bits per heavy atom. The summed E-state index contributed by atoms with van der Waals surface area (Å²) in [6.45, 7) is 14.5. The molecule has 1 aromatic heterocycles. The Bertz CT molecular complexity index is 1120. The summed E-state index contributed by atoms with van der Waals surface area (Å²) in [4.78, 5) is 3.80. The molecule has 150 valence electrons. The van der Waals surface area contributed by atoms with Crippen molar-refractivity contribution in [2.24, 2.45) is 0 Å². The van der Waals surface area contributed by atoms with Crippen molar-refractivity contribution in [1.29, 1.82) is 0 Å². The van der Waals surface area contributed by atoms with E-state index >= 15 is 0 Å². The molecule has 2 nitrogen and oxygen atoms in total. The first kappa shape index (κ1) is 21.9. The van der Waals surface area contributed by atoms with E-state index in [-0.39, 0.29) is 24.0 Å². The summed E-state index contributed by atoms with van der Waals surface area (Å²) in [6.07, 6.45) is 4.31. The highest BCUT2D eigenvalue weighted by atomic mass is 127. The average molecular weight is 514 g/mol. The maximum absolute atomic E-state index is 3.99. The van der Waals surface area contributed by atoms with E-state index in [0.29, 0.717) is 0 Å². The van der Waals surface area contributed by atoms with Crippen LogP contribution < -0.4 is 33.4 Å². The Labute approximate surface area is 195 Å². The Balaban J connectivity index is 0.00000240. The molecular weight excluding hydrogens is 487 g/mol. The van der Waals surface area contributed by atoms with Crippen molar-refractivity contribution in [3.8, 4) is 0 Å². The third-order valence-corrected chi connectivity index (χ3v) is 6.36. The van der Waals surface area contributed by atoms with Crippen LogP contribution in [0, 0.1) is 20.8 Å². The summed E-state index contributed by atoms with van der Waals surface area (Å²) in [7, 11) is 0. The van der Waals surface area contributed by atoms with Gasteiger partial charge in [-0.15, -0.1) is 0 Å². The number of halogens is 1. The van der Waals surface area contributed by atoms with Gasteiger partial charge >= 0.3 is 0 Å². The SMILES string of the molecule is C=CC[n+]1c(C=C2Sc3cc(C)cc(C)c3N2CC)ccc2ccc(C)cc21.[I-]. The van der Waals surface area contributed by atoms with Crippen LogP contribution in [0.1, 0.15) is 29.3 Å². The molecule has 0 fully saturated rings. The molecular formula is C25H27IN2S. The van der Waals surface area contributed by atoms with Crippen molar-refractivity contribution in [2.45, 2.75) is 39.1 Å². The van der Waals surface area contributed by atoms with E-state index in [4.69, 9.17) is 0 Å². The summed E-state index contributed by atoms with van der Waals surface area (Å²) in [5.74, 6) is 0. The number of anilines is 1. The van der Waals surface area contributed by atoms with E-state index in [1.165, 1.54) is 48.9 Å². The second-order valence-electron chi connectivity index (χ2n) is 7.48. The monoisotopic (exact) mass is 514 g/mol. The highest BCUT2D eigenvalue weighted by molar-refractivity contribution is 8.03. The van der Waals surface area contributed by atoms with Crippen LogP contribution in [-0.2, 0) is 6.54 Å². The summed E-state index contributed by atoms with van der Waals surface area (Å²) in [5, 5.41) is 2.55. The third-order valence-electron chi connectivity index (χ3n) is 5.28. The molecule has 4 rings (SSSR count). The first-order chi connectivity index (χ1) is 13.5. The van der Waals surface area contributed by atoms with Crippen LogP contribution >= 0.6 is 11.8 Å². The normalized spacial score (nSPS) is 14.2. The topological polar surface area (TPSA) is 7.12 Å². The Morgan fingerprint density at radius 2 is 1.79 bits per heavy atom. The summed E-state index contributed by atoms with van der Waals surface area (Å²) in [5.41, 5.74) is 7.77. The van der Waals surface area contributed by atoms with Crippen molar-refractivity contribution in [3.63, 3.8) is 0 Å². The highest BCUT2D eigenvalue weighted by Crippen LogP contribution is 2.48. The van der Waals surface area contributed by atoms with Crippen molar-refractivity contribution in [1.82, 2.24) is 0 Å². The number of hydrogen-bond acceptors (Lipinski definition) is 2. The van der Waals surface area contributed by atoms with Crippen LogP contribution in [0.15, 0.2) is 65.0 Å². The second-order valence-corrected chi connectivity index (χ2v) is 8.54.